The summed E-state index contributed by atoms with van der Waals surface area (Å²) in [5.41, 5.74) is 0.783. The van der Waals surface area contributed by atoms with Crippen LogP contribution in [0.2, 0.25) is 0 Å². The quantitative estimate of drug-likeness (QED) is 0.560. The standard InChI is InChI=1S/C10H18F2/c1-5-9(11)6-10(12)8(4)7(2)3/h8-10H,2,5-6H2,1,3-4H3. The van der Waals surface area contributed by atoms with E-state index in [-0.39, 0.29) is 12.3 Å². The molecule has 0 radical (unpaired) electrons. The molecule has 0 aliphatic heterocycles. The summed E-state index contributed by atoms with van der Waals surface area (Å²) in [6.45, 7) is 8.89. The van der Waals surface area contributed by atoms with Gasteiger partial charge in [0.1, 0.15) is 12.3 Å². The second-order valence-corrected chi connectivity index (χ2v) is 3.39. The van der Waals surface area contributed by atoms with Crippen molar-refractivity contribution in [3.8, 4) is 0 Å². The smallest absolute Gasteiger partial charge is 0.109 e. The van der Waals surface area contributed by atoms with Crippen molar-refractivity contribution in [3.05, 3.63) is 12.2 Å². The molecule has 0 saturated carbocycles. The lowest BCUT2D eigenvalue weighted by Crippen LogP contribution is -2.18. The van der Waals surface area contributed by atoms with Crippen molar-refractivity contribution >= 4 is 0 Å². The molecule has 0 aliphatic carbocycles. The average molecular weight is 176 g/mol. The maximum Gasteiger partial charge on any atom is 0.109 e. The van der Waals surface area contributed by atoms with Gasteiger partial charge in [-0.25, -0.2) is 8.78 Å². The Morgan fingerprint density at radius 1 is 1.42 bits per heavy atom. The number of rotatable bonds is 5. The zero-order valence-electron chi connectivity index (χ0n) is 8.11. The van der Waals surface area contributed by atoms with Gasteiger partial charge in [-0.2, -0.15) is 0 Å². The first-order chi connectivity index (χ1) is 5.49. The van der Waals surface area contributed by atoms with E-state index in [1.807, 2.05) is 0 Å². The van der Waals surface area contributed by atoms with Crippen LogP contribution in [-0.2, 0) is 0 Å². The molecule has 0 aromatic heterocycles. The van der Waals surface area contributed by atoms with Gasteiger partial charge in [-0.3, -0.25) is 0 Å². The fourth-order valence-electron chi connectivity index (χ4n) is 0.924. The highest BCUT2D eigenvalue weighted by molar-refractivity contribution is 4.97. The number of hydrogen-bond acceptors (Lipinski definition) is 0. The van der Waals surface area contributed by atoms with Crippen LogP contribution in [0.3, 0.4) is 0 Å². The van der Waals surface area contributed by atoms with Crippen LogP contribution in [0, 0.1) is 5.92 Å². The van der Waals surface area contributed by atoms with Crippen molar-refractivity contribution in [1.29, 1.82) is 0 Å². The fourth-order valence-corrected chi connectivity index (χ4v) is 0.924. The van der Waals surface area contributed by atoms with Gasteiger partial charge in [-0.15, -0.1) is 0 Å². The number of allylic oxidation sites excluding steroid dienone is 1. The molecule has 2 heteroatoms. The molecular formula is C10H18F2. The Bertz CT molecular complexity index is 143. The first-order valence-corrected chi connectivity index (χ1v) is 4.42. The Balaban J connectivity index is 3.86. The Labute approximate surface area is 73.7 Å². The van der Waals surface area contributed by atoms with Gasteiger partial charge < -0.3 is 0 Å². The van der Waals surface area contributed by atoms with E-state index in [2.05, 4.69) is 6.58 Å². The summed E-state index contributed by atoms with van der Waals surface area (Å²) in [4.78, 5) is 0. The fraction of sp³-hybridized carbons (Fsp3) is 0.800. The van der Waals surface area contributed by atoms with Crippen LogP contribution in [0.25, 0.3) is 0 Å². The van der Waals surface area contributed by atoms with Gasteiger partial charge in [0.15, 0.2) is 0 Å². The highest BCUT2D eigenvalue weighted by atomic mass is 19.1. The van der Waals surface area contributed by atoms with E-state index in [1.54, 1.807) is 20.8 Å². The maximum absolute atomic E-state index is 13.2. The molecule has 0 aliphatic rings. The van der Waals surface area contributed by atoms with Crippen LogP contribution in [0.5, 0.6) is 0 Å². The molecule has 0 saturated heterocycles. The van der Waals surface area contributed by atoms with E-state index < -0.39 is 12.3 Å². The van der Waals surface area contributed by atoms with E-state index in [0.29, 0.717) is 6.42 Å². The lowest BCUT2D eigenvalue weighted by Gasteiger charge is -2.17. The monoisotopic (exact) mass is 176 g/mol. The highest BCUT2D eigenvalue weighted by Gasteiger charge is 2.20. The SMILES string of the molecule is C=C(C)C(C)C(F)CC(F)CC. The van der Waals surface area contributed by atoms with Crippen LogP contribution < -0.4 is 0 Å². The number of hydrogen-bond donors (Lipinski definition) is 0. The minimum Gasteiger partial charge on any atom is -0.247 e. The third-order valence-electron chi connectivity index (χ3n) is 2.24. The van der Waals surface area contributed by atoms with Gasteiger partial charge in [-0.05, 0) is 13.3 Å². The lowest BCUT2D eigenvalue weighted by molar-refractivity contribution is 0.181. The first kappa shape index (κ1) is 11.6. The van der Waals surface area contributed by atoms with Gasteiger partial charge in [0.2, 0.25) is 0 Å². The molecule has 0 aromatic carbocycles. The lowest BCUT2D eigenvalue weighted by atomic mass is 9.95. The molecule has 0 bridgehead atoms. The van der Waals surface area contributed by atoms with Gasteiger partial charge >= 0.3 is 0 Å². The number of alkyl halides is 2. The molecule has 0 spiro atoms. The normalized spacial score (nSPS) is 18.4. The molecule has 3 atom stereocenters. The van der Waals surface area contributed by atoms with Gasteiger partial charge in [0, 0.05) is 12.3 Å². The van der Waals surface area contributed by atoms with Crippen molar-refractivity contribution in [3.63, 3.8) is 0 Å². The zero-order valence-corrected chi connectivity index (χ0v) is 8.11. The third kappa shape index (κ3) is 3.84. The maximum atomic E-state index is 13.2. The Kier molecular flexibility index (Phi) is 5.11. The van der Waals surface area contributed by atoms with Crippen molar-refractivity contribution in [2.75, 3.05) is 0 Å². The molecule has 12 heavy (non-hydrogen) atoms. The summed E-state index contributed by atoms with van der Waals surface area (Å²) in [6.07, 6.45) is -1.70. The van der Waals surface area contributed by atoms with Crippen molar-refractivity contribution in [2.24, 2.45) is 5.92 Å². The van der Waals surface area contributed by atoms with Crippen LogP contribution >= 0.6 is 0 Å². The topological polar surface area (TPSA) is 0 Å². The highest BCUT2D eigenvalue weighted by Crippen LogP contribution is 2.21. The molecule has 72 valence electrons. The van der Waals surface area contributed by atoms with Crippen LogP contribution in [0.4, 0.5) is 8.78 Å². The van der Waals surface area contributed by atoms with Crippen LogP contribution in [0.1, 0.15) is 33.6 Å². The minimum absolute atomic E-state index is 0.00449. The molecule has 0 rings (SSSR count). The molecule has 0 aromatic rings. The van der Waals surface area contributed by atoms with E-state index >= 15 is 0 Å². The van der Waals surface area contributed by atoms with Crippen molar-refractivity contribution in [2.45, 2.75) is 46.0 Å². The van der Waals surface area contributed by atoms with E-state index in [0.717, 1.165) is 5.57 Å². The zero-order chi connectivity index (χ0) is 9.72. The predicted octanol–water partition coefficient (Wildman–Crippen LogP) is 3.67. The molecule has 0 amide bonds. The van der Waals surface area contributed by atoms with Crippen molar-refractivity contribution in [1.82, 2.24) is 0 Å². The average Bonchev–Trinajstić information content (AvgIpc) is 2.02. The van der Waals surface area contributed by atoms with Gasteiger partial charge in [0.25, 0.3) is 0 Å². The summed E-state index contributed by atoms with van der Waals surface area (Å²) in [6, 6.07) is 0. The third-order valence-corrected chi connectivity index (χ3v) is 2.24. The summed E-state index contributed by atoms with van der Waals surface area (Å²) in [5, 5.41) is 0. The number of halogens is 2. The molecule has 0 nitrogen and oxygen atoms in total. The van der Waals surface area contributed by atoms with Gasteiger partial charge in [0.05, 0.1) is 0 Å². The molecule has 0 heterocycles. The van der Waals surface area contributed by atoms with E-state index in [4.69, 9.17) is 0 Å². The molecule has 3 unspecified atom stereocenters. The van der Waals surface area contributed by atoms with Gasteiger partial charge in [-0.1, -0.05) is 26.0 Å². The summed E-state index contributed by atoms with van der Waals surface area (Å²) >= 11 is 0. The Morgan fingerprint density at radius 3 is 2.25 bits per heavy atom. The largest absolute Gasteiger partial charge is 0.247 e. The Morgan fingerprint density at radius 2 is 1.92 bits per heavy atom. The second kappa shape index (κ2) is 5.28. The van der Waals surface area contributed by atoms with Crippen molar-refractivity contribution < 1.29 is 8.78 Å². The van der Waals surface area contributed by atoms with Crippen LogP contribution in [0.15, 0.2) is 12.2 Å². The minimum atomic E-state index is -1.09. The predicted molar refractivity (Wildman–Crippen MR) is 48.7 cm³/mol. The van der Waals surface area contributed by atoms with E-state index in [9.17, 15) is 8.78 Å². The van der Waals surface area contributed by atoms with Crippen LogP contribution in [-0.4, -0.2) is 12.3 Å². The molecule has 0 fully saturated rings. The molecule has 0 N–H and O–H groups in total. The summed E-state index contributed by atoms with van der Waals surface area (Å²) < 4.78 is 25.9. The second-order valence-electron chi connectivity index (χ2n) is 3.39. The Hall–Kier alpha value is -0.400. The summed E-state index contributed by atoms with van der Waals surface area (Å²) in [7, 11) is 0. The summed E-state index contributed by atoms with van der Waals surface area (Å²) in [5.74, 6) is -0.227. The van der Waals surface area contributed by atoms with E-state index in [1.165, 1.54) is 0 Å². The molecular weight excluding hydrogens is 158 g/mol. The first-order valence-electron chi connectivity index (χ1n) is 4.42.